The van der Waals surface area contributed by atoms with Gasteiger partial charge < -0.3 is 14.4 Å². The highest BCUT2D eigenvalue weighted by Gasteiger charge is 2.28. The number of halogens is 1. The lowest BCUT2D eigenvalue weighted by atomic mass is 9.88. The SMILES string of the molecule is O=C(c1ccc2c(c1)OCCO2)C1CCN(C(=O)/C=C/c2ccccc2F)CC1. The summed E-state index contributed by atoms with van der Waals surface area (Å²) in [6.45, 7) is 1.99. The van der Waals surface area contributed by atoms with Crippen LogP contribution in [0.15, 0.2) is 48.5 Å². The molecule has 0 bridgehead atoms. The van der Waals surface area contributed by atoms with Gasteiger partial charge in [0, 0.05) is 36.2 Å². The minimum atomic E-state index is -0.361. The monoisotopic (exact) mass is 395 g/mol. The number of hydrogen-bond acceptors (Lipinski definition) is 4. The fourth-order valence-electron chi connectivity index (χ4n) is 3.67. The third kappa shape index (κ3) is 4.31. The summed E-state index contributed by atoms with van der Waals surface area (Å²) in [7, 11) is 0. The first-order valence-corrected chi connectivity index (χ1v) is 9.77. The molecule has 0 aliphatic carbocycles. The van der Waals surface area contributed by atoms with Crippen LogP contribution in [0.2, 0.25) is 0 Å². The van der Waals surface area contributed by atoms with Crippen LogP contribution >= 0.6 is 0 Å². The van der Waals surface area contributed by atoms with Crippen molar-refractivity contribution in [1.29, 1.82) is 0 Å². The van der Waals surface area contributed by atoms with Gasteiger partial charge in [0.05, 0.1) is 0 Å². The molecule has 2 aliphatic rings. The Morgan fingerprint density at radius 3 is 2.48 bits per heavy atom. The van der Waals surface area contributed by atoms with Crippen LogP contribution < -0.4 is 9.47 Å². The summed E-state index contributed by atoms with van der Waals surface area (Å²) < 4.78 is 24.7. The van der Waals surface area contributed by atoms with Gasteiger partial charge in [-0.05, 0) is 43.2 Å². The standard InChI is InChI=1S/C23H22FNO4/c24-19-4-2-1-3-16(19)6-8-22(26)25-11-9-17(10-12-25)23(27)18-5-7-20-21(15-18)29-14-13-28-20/h1-8,15,17H,9-14H2/b8-6+. The van der Waals surface area contributed by atoms with E-state index in [1.807, 2.05) is 0 Å². The lowest BCUT2D eigenvalue weighted by Gasteiger charge is -2.30. The number of ether oxygens (including phenoxy) is 2. The summed E-state index contributed by atoms with van der Waals surface area (Å²) in [6.07, 6.45) is 4.09. The van der Waals surface area contributed by atoms with Gasteiger partial charge in [-0.15, -0.1) is 0 Å². The Kier molecular flexibility index (Phi) is 5.60. The van der Waals surface area contributed by atoms with Gasteiger partial charge in [0.25, 0.3) is 0 Å². The molecule has 0 atom stereocenters. The molecule has 2 aromatic carbocycles. The van der Waals surface area contributed by atoms with Crippen LogP contribution in [0.5, 0.6) is 11.5 Å². The molecule has 2 aromatic rings. The number of carbonyl (C=O) groups excluding carboxylic acids is 2. The van der Waals surface area contributed by atoms with E-state index in [0.29, 0.717) is 61.8 Å². The van der Waals surface area contributed by atoms with Gasteiger partial charge in [-0.25, -0.2) is 4.39 Å². The fraction of sp³-hybridized carbons (Fsp3) is 0.304. The Labute approximate surface area is 168 Å². The van der Waals surface area contributed by atoms with Crippen LogP contribution in [-0.2, 0) is 4.79 Å². The second kappa shape index (κ2) is 8.47. The van der Waals surface area contributed by atoms with Gasteiger partial charge >= 0.3 is 0 Å². The molecule has 5 nitrogen and oxygen atoms in total. The molecule has 1 saturated heterocycles. The summed E-state index contributed by atoms with van der Waals surface area (Å²) in [4.78, 5) is 26.9. The molecular formula is C23H22FNO4. The van der Waals surface area contributed by atoms with Crippen LogP contribution in [-0.4, -0.2) is 42.9 Å². The fourth-order valence-corrected chi connectivity index (χ4v) is 3.67. The van der Waals surface area contributed by atoms with Crippen molar-refractivity contribution in [2.24, 2.45) is 5.92 Å². The molecule has 0 radical (unpaired) electrons. The summed E-state index contributed by atoms with van der Waals surface area (Å²) in [5.41, 5.74) is 0.989. The normalized spacial score (nSPS) is 16.8. The number of piperidine rings is 1. The molecule has 1 fully saturated rings. The molecule has 150 valence electrons. The Bertz CT molecular complexity index is 948. The number of ketones is 1. The Hall–Kier alpha value is -3.15. The second-order valence-electron chi connectivity index (χ2n) is 7.18. The summed E-state index contributed by atoms with van der Waals surface area (Å²) >= 11 is 0. The molecule has 0 N–H and O–H groups in total. The van der Waals surface area contributed by atoms with Gasteiger partial charge in [-0.1, -0.05) is 18.2 Å². The lowest BCUT2D eigenvalue weighted by molar-refractivity contribution is -0.127. The molecular weight excluding hydrogens is 373 g/mol. The third-order valence-electron chi connectivity index (χ3n) is 5.31. The zero-order valence-electron chi connectivity index (χ0n) is 16.0. The maximum Gasteiger partial charge on any atom is 0.246 e. The molecule has 1 amide bonds. The van der Waals surface area contributed by atoms with Crippen molar-refractivity contribution in [3.05, 3.63) is 65.5 Å². The number of rotatable bonds is 4. The van der Waals surface area contributed by atoms with E-state index in [4.69, 9.17) is 9.47 Å². The van der Waals surface area contributed by atoms with E-state index in [-0.39, 0.29) is 23.4 Å². The summed E-state index contributed by atoms with van der Waals surface area (Å²) in [5.74, 6) is 0.676. The Morgan fingerprint density at radius 1 is 1.00 bits per heavy atom. The molecule has 0 saturated carbocycles. The number of carbonyl (C=O) groups is 2. The largest absolute Gasteiger partial charge is 0.486 e. The molecule has 2 aliphatic heterocycles. The number of likely N-dealkylation sites (tertiary alicyclic amines) is 1. The van der Waals surface area contributed by atoms with Crippen molar-refractivity contribution in [1.82, 2.24) is 4.90 Å². The van der Waals surface area contributed by atoms with Crippen molar-refractivity contribution in [3.63, 3.8) is 0 Å². The highest BCUT2D eigenvalue weighted by Crippen LogP contribution is 2.32. The van der Waals surface area contributed by atoms with Gasteiger partial charge in [0.2, 0.25) is 5.91 Å². The topological polar surface area (TPSA) is 55.8 Å². The van der Waals surface area contributed by atoms with Crippen LogP contribution in [0.4, 0.5) is 4.39 Å². The minimum Gasteiger partial charge on any atom is -0.486 e. The van der Waals surface area contributed by atoms with Crippen LogP contribution in [0.25, 0.3) is 6.08 Å². The molecule has 4 rings (SSSR count). The maximum absolute atomic E-state index is 13.7. The van der Waals surface area contributed by atoms with Gasteiger partial charge in [-0.2, -0.15) is 0 Å². The van der Waals surface area contributed by atoms with Crippen LogP contribution in [0.1, 0.15) is 28.8 Å². The quantitative estimate of drug-likeness (QED) is 0.585. The Balaban J connectivity index is 1.35. The number of benzene rings is 2. The van der Waals surface area contributed by atoms with Gasteiger partial charge in [-0.3, -0.25) is 9.59 Å². The smallest absolute Gasteiger partial charge is 0.246 e. The second-order valence-corrected chi connectivity index (χ2v) is 7.18. The zero-order chi connectivity index (χ0) is 20.2. The van der Waals surface area contributed by atoms with E-state index in [1.54, 1.807) is 41.3 Å². The maximum atomic E-state index is 13.7. The average molecular weight is 395 g/mol. The van der Waals surface area contributed by atoms with E-state index in [9.17, 15) is 14.0 Å². The van der Waals surface area contributed by atoms with E-state index in [2.05, 4.69) is 0 Å². The molecule has 0 spiro atoms. The van der Waals surface area contributed by atoms with E-state index >= 15 is 0 Å². The molecule has 29 heavy (non-hydrogen) atoms. The number of nitrogens with zero attached hydrogens (tertiary/aromatic N) is 1. The summed E-state index contributed by atoms with van der Waals surface area (Å²) in [5, 5.41) is 0. The van der Waals surface area contributed by atoms with Crippen molar-refractivity contribution in [2.45, 2.75) is 12.8 Å². The van der Waals surface area contributed by atoms with Crippen LogP contribution in [0, 0.1) is 11.7 Å². The highest BCUT2D eigenvalue weighted by molar-refractivity contribution is 5.99. The number of Topliss-reactive ketones (excluding diaryl/α,β-unsaturated/α-hetero) is 1. The van der Waals surface area contributed by atoms with Crippen molar-refractivity contribution in [2.75, 3.05) is 26.3 Å². The Morgan fingerprint density at radius 2 is 1.72 bits per heavy atom. The molecule has 0 unspecified atom stereocenters. The minimum absolute atomic E-state index is 0.0657. The van der Waals surface area contributed by atoms with Gasteiger partial charge in [0.15, 0.2) is 17.3 Å². The molecule has 2 heterocycles. The number of amides is 1. The first kappa shape index (κ1) is 19.2. The predicted octanol–water partition coefficient (Wildman–Crippen LogP) is 3.73. The predicted molar refractivity (Wildman–Crippen MR) is 107 cm³/mol. The molecule has 0 aromatic heterocycles. The van der Waals surface area contributed by atoms with Crippen molar-refractivity contribution in [3.8, 4) is 11.5 Å². The number of hydrogen-bond donors (Lipinski definition) is 0. The molecule has 6 heteroatoms. The van der Waals surface area contributed by atoms with Gasteiger partial charge in [0.1, 0.15) is 19.0 Å². The first-order valence-electron chi connectivity index (χ1n) is 9.77. The van der Waals surface area contributed by atoms with E-state index in [1.165, 1.54) is 18.2 Å². The third-order valence-corrected chi connectivity index (χ3v) is 5.31. The van der Waals surface area contributed by atoms with Crippen molar-refractivity contribution >= 4 is 17.8 Å². The summed E-state index contributed by atoms with van der Waals surface area (Å²) in [6, 6.07) is 11.6. The van der Waals surface area contributed by atoms with Crippen LogP contribution in [0.3, 0.4) is 0 Å². The number of fused-ring (bicyclic) bond motifs is 1. The van der Waals surface area contributed by atoms with Crippen molar-refractivity contribution < 1.29 is 23.5 Å². The lowest BCUT2D eigenvalue weighted by Crippen LogP contribution is -2.39. The first-order chi connectivity index (χ1) is 14.1. The zero-order valence-corrected chi connectivity index (χ0v) is 16.0. The van der Waals surface area contributed by atoms with E-state index < -0.39 is 0 Å². The highest BCUT2D eigenvalue weighted by atomic mass is 19.1. The van der Waals surface area contributed by atoms with E-state index in [0.717, 1.165) is 0 Å². The average Bonchev–Trinajstić information content (AvgIpc) is 2.77.